The first-order chi connectivity index (χ1) is 59.6. The highest BCUT2D eigenvalue weighted by molar-refractivity contribution is 7.89. The number of nitrogen functional groups attached to an aromatic ring is 1. The number of anilines is 1. The number of carbonyl (C=O) groups is 12. The van der Waals surface area contributed by atoms with Crippen LogP contribution in [0.1, 0.15) is 194 Å². The van der Waals surface area contributed by atoms with Gasteiger partial charge in [-0.3, -0.25) is 52.7 Å². The predicted octanol–water partition coefficient (Wildman–Crippen LogP) is 5.37. The molecule has 2 aromatic carbocycles. The number of carbonyl (C=O) groups excluding carboxylic acids is 12. The van der Waals surface area contributed by atoms with Crippen LogP contribution in [0, 0.1) is 47.3 Å². The number of hydrogen-bond donors (Lipinski definition) is 10. The fraction of sp³-hybridized carbons (Fsp3) is 0.717. The Kier molecular flexibility index (Phi) is 47.5. The van der Waals surface area contributed by atoms with Crippen molar-refractivity contribution in [1.29, 1.82) is 0 Å². The van der Waals surface area contributed by atoms with E-state index in [9.17, 15) is 66.9 Å². The van der Waals surface area contributed by atoms with Crippen molar-refractivity contribution in [2.24, 2.45) is 47.3 Å². The number of rotatable bonds is 55. The highest BCUT2D eigenvalue weighted by atomic mass is 32.2. The van der Waals surface area contributed by atoms with Gasteiger partial charge in [0.05, 0.1) is 49.0 Å². The van der Waals surface area contributed by atoms with E-state index in [2.05, 4.69) is 38.5 Å². The number of nitrogens with one attached hydrogen (secondary N) is 6. The van der Waals surface area contributed by atoms with Crippen molar-refractivity contribution in [3.63, 3.8) is 0 Å². The Morgan fingerprint density at radius 3 is 1.60 bits per heavy atom. The maximum absolute atomic E-state index is 15.2. The summed E-state index contributed by atoms with van der Waals surface area (Å²) in [6, 6.07) is -0.855. The Morgan fingerprint density at radius 2 is 1.09 bits per heavy atom. The van der Waals surface area contributed by atoms with Gasteiger partial charge in [0.2, 0.25) is 69.1 Å². The SMILES string of the molecule is C=C([C@@H](CO)N(C)C(=O)[C@@H](CC)NC(=O)[C@H]([C@H](O)C(C)C)N(C)C(=O)[C@@H](C(C)C)N(C)C(=O)CCC(C)C)N(C)[C@@H](CC(C)C)C(=O)N[C@@H](C(=O)N(C)[C@H](CC(C)C)C(=O)N[C@H](CCCCNC(=O)COc1ccc(CC(NC(=O)O[C@H]2CCOC2)C(O)CN(CC(C)C)S(=O)(=O)c2ccc(N)cc2)cc1)C(=O)N[C@@H](C)C(=O)N(C)[C@H](CC(C)C)C(=O)N(C)C)C(C)C. The Balaban J connectivity index is 1.92. The maximum Gasteiger partial charge on any atom is 0.407 e. The summed E-state index contributed by atoms with van der Waals surface area (Å²) >= 11 is 0. The van der Waals surface area contributed by atoms with Crippen LogP contribution in [0.2, 0.25) is 0 Å². The first kappa shape index (κ1) is 113. The van der Waals surface area contributed by atoms with E-state index in [0.717, 1.165) is 4.90 Å². The van der Waals surface area contributed by atoms with Gasteiger partial charge in [-0.15, -0.1) is 0 Å². The van der Waals surface area contributed by atoms with Gasteiger partial charge in [-0.05, 0) is 154 Å². The van der Waals surface area contributed by atoms with E-state index in [1.165, 1.54) is 93.1 Å². The number of unbranched alkanes of at least 4 members (excludes halogenated alkanes) is 1. The van der Waals surface area contributed by atoms with Crippen LogP contribution in [0.5, 0.6) is 5.75 Å². The highest BCUT2D eigenvalue weighted by Crippen LogP contribution is 2.28. The zero-order valence-electron chi connectivity index (χ0n) is 81.1. The van der Waals surface area contributed by atoms with Crippen molar-refractivity contribution < 1.29 is 95.5 Å². The minimum atomic E-state index is -4.14. The van der Waals surface area contributed by atoms with Crippen LogP contribution in [-0.2, 0) is 78.7 Å². The molecular weight excluding hydrogens is 1670 g/mol. The molecule has 35 nitrogen and oxygen atoms in total. The van der Waals surface area contributed by atoms with E-state index in [-0.39, 0.29) is 135 Å². The second-order valence-electron chi connectivity index (χ2n) is 37.5. The summed E-state index contributed by atoms with van der Waals surface area (Å²) in [6.45, 7) is 35.9. The molecule has 2 aromatic rings. The molecule has 0 bridgehead atoms. The fourth-order valence-corrected chi connectivity index (χ4v) is 16.8. The Morgan fingerprint density at radius 1 is 0.547 bits per heavy atom. The molecule has 128 heavy (non-hydrogen) atoms. The molecule has 1 saturated heterocycles. The van der Waals surface area contributed by atoms with Crippen molar-refractivity contribution in [3.8, 4) is 5.75 Å². The Bertz CT molecular complexity index is 4030. The topological polar surface area (TPSA) is 451 Å². The van der Waals surface area contributed by atoms with Crippen LogP contribution in [0.4, 0.5) is 10.5 Å². The molecule has 0 aliphatic carbocycles. The second-order valence-corrected chi connectivity index (χ2v) is 39.5. The van der Waals surface area contributed by atoms with Crippen molar-refractivity contribution in [1.82, 2.24) is 70.5 Å². The van der Waals surface area contributed by atoms with E-state index in [4.69, 9.17) is 19.9 Å². The first-order valence-corrected chi connectivity index (χ1v) is 46.6. The summed E-state index contributed by atoms with van der Waals surface area (Å²) < 4.78 is 46.0. The van der Waals surface area contributed by atoms with Crippen LogP contribution in [0.25, 0.3) is 0 Å². The van der Waals surface area contributed by atoms with Crippen molar-refractivity contribution >= 4 is 86.8 Å². The molecule has 1 fully saturated rings. The van der Waals surface area contributed by atoms with Gasteiger partial charge in [0.15, 0.2) is 6.61 Å². The molecule has 12 amide bonds. The maximum atomic E-state index is 15.2. The minimum absolute atomic E-state index is 0.00234. The molecule has 1 aliphatic heterocycles. The van der Waals surface area contributed by atoms with Crippen LogP contribution in [0.3, 0.4) is 0 Å². The van der Waals surface area contributed by atoms with E-state index in [1.54, 1.807) is 101 Å². The summed E-state index contributed by atoms with van der Waals surface area (Å²) in [5.74, 6) is -8.15. The number of ether oxygens (including phenoxy) is 3. The molecule has 2 unspecified atom stereocenters. The number of sulfonamides is 1. The predicted molar refractivity (Wildman–Crippen MR) is 491 cm³/mol. The number of amides is 12. The van der Waals surface area contributed by atoms with Gasteiger partial charge in [0.25, 0.3) is 5.91 Å². The zero-order valence-corrected chi connectivity index (χ0v) is 81.9. The molecule has 0 aromatic heterocycles. The van der Waals surface area contributed by atoms with Crippen molar-refractivity contribution in [2.75, 3.05) is 108 Å². The smallest absolute Gasteiger partial charge is 0.407 e. The van der Waals surface area contributed by atoms with Crippen LogP contribution in [0.15, 0.2) is 65.7 Å². The standard InChI is InChI=1S/C92H157N15O20S/c1-28-69(96-86(116)81(82(112)61(16)17)106(27)91(121)80(60(14)15)105(26)78(111)41-32-54(2)3)88(118)104(25)75(51-108)63(19)101(22)72(45-55(4)5)85(115)99-79(59(12)13)90(120)102(23)73(46-56(6)7)84(114)97-70(83(113)95-62(18)87(117)103(24)74(47-57(8)9)89(119)100(20)21)31-29-30-43-94-77(110)53-126-66-37-33-64(34-38-66)48-71(98-92(122)127-67-42-44-125-52-67)76(109)50-107(49-58(10)11)128(123,124)68-39-35-65(93)36-40-68/h33-40,54-62,67,69-76,79-82,108-109,112H,19,28-32,41-53,93H2,1-18,20-27H3,(H,94,110)(H,95,113)(H,96,116)(H,97,114)(H,98,122)(H,99,115)/t62-,67-,69+,70+,71?,72-,73+,74+,75+,76?,79+,80+,81-,82+/m0/s1. The van der Waals surface area contributed by atoms with E-state index in [0.29, 0.717) is 37.1 Å². The molecule has 3 rings (SSSR count). The highest BCUT2D eigenvalue weighted by Gasteiger charge is 2.45. The van der Waals surface area contributed by atoms with E-state index in [1.807, 2.05) is 69.2 Å². The lowest BCUT2D eigenvalue weighted by Crippen LogP contribution is -2.62. The number of aliphatic hydroxyl groups is 3. The lowest BCUT2D eigenvalue weighted by molar-refractivity contribution is -0.153. The summed E-state index contributed by atoms with van der Waals surface area (Å²) in [4.78, 5) is 181. The molecule has 1 heterocycles. The average molecular weight is 1830 g/mol. The fourth-order valence-electron chi connectivity index (χ4n) is 15.2. The van der Waals surface area contributed by atoms with Gasteiger partial charge in [-0.1, -0.05) is 136 Å². The summed E-state index contributed by atoms with van der Waals surface area (Å²) in [5.41, 5.74) is 6.94. The molecule has 0 saturated carbocycles. The lowest BCUT2D eigenvalue weighted by Gasteiger charge is -2.40. The monoisotopic (exact) mass is 1820 g/mol. The summed E-state index contributed by atoms with van der Waals surface area (Å²) in [5, 5.41) is 51.5. The minimum Gasteiger partial charge on any atom is -0.484 e. The number of benzene rings is 2. The van der Waals surface area contributed by atoms with Crippen molar-refractivity contribution in [3.05, 3.63) is 66.4 Å². The second kappa shape index (κ2) is 53.8. The van der Waals surface area contributed by atoms with Gasteiger partial charge < -0.3 is 101 Å². The third-order valence-electron chi connectivity index (χ3n) is 23.0. The molecule has 1 aliphatic rings. The summed E-state index contributed by atoms with van der Waals surface area (Å²) in [6.07, 6.45) is -1.89. The van der Waals surface area contributed by atoms with Gasteiger partial charge in [-0.2, -0.15) is 4.31 Å². The number of alkyl carbamates (subject to hydrolysis) is 1. The molecule has 726 valence electrons. The number of nitrogens with zero attached hydrogens (tertiary/aromatic N) is 8. The Labute approximate surface area is 761 Å². The average Bonchev–Trinajstić information content (AvgIpc) is 0.832. The number of likely N-dealkylation sites (N-methyl/N-ethyl adjacent to an activating group) is 7. The molecule has 36 heteroatoms. The quantitative estimate of drug-likeness (QED) is 0.0294. The molecule has 0 radical (unpaired) electrons. The molecule has 0 spiro atoms. The first-order valence-electron chi connectivity index (χ1n) is 45.2. The number of hydrogen-bond acceptors (Lipinski definition) is 22. The van der Waals surface area contributed by atoms with E-state index >= 15 is 14.4 Å². The van der Waals surface area contributed by atoms with Gasteiger partial charge in [0, 0.05) is 100 Å². The number of nitrogens with two attached hydrogens (primary N) is 1. The van der Waals surface area contributed by atoms with Gasteiger partial charge >= 0.3 is 6.09 Å². The van der Waals surface area contributed by atoms with Crippen molar-refractivity contribution in [2.45, 2.75) is 285 Å². The largest absolute Gasteiger partial charge is 0.484 e. The zero-order chi connectivity index (χ0) is 97.4. The molecule has 14 atom stereocenters. The van der Waals surface area contributed by atoms with Gasteiger partial charge in [-0.25, -0.2) is 13.2 Å². The summed E-state index contributed by atoms with van der Waals surface area (Å²) in [7, 11) is 7.81. The van der Waals surface area contributed by atoms with Crippen LogP contribution >= 0.6 is 0 Å². The molecule has 11 N–H and O–H groups in total. The van der Waals surface area contributed by atoms with Crippen LogP contribution in [-0.4, -0.2) is 321 Å². The number of aliphatic hydroxyl groups excluding tert-OH is 3. The third kappa shape index (κ3) is 34.9. The Hall–Kier alpha value is -9.23. The van der Waals surface area contributed by atoms with Crippen LogP contribution < -0.4 is 42.4 Å². The molecular formula is C92H157N15O20S. The third-order valence-corrected chi connectivity index (χ3v) is 24.9. The normalized spacial score (nSPS) is 16.1. The van der Waals surface area contributed by atoms with Gasteiger partial charge in [0.1, 0.15) is 66.2 Å². The lowest BCUT2D eigenvalue weighted by atomic mass is 9.94. The van der Waals surface area contributed by atoms with E-state index < -0.39 is 185 Å².